The lowest BCUT2D eigenvalue weighted by molar-refractivity contribution is -0.146. The topological polar surface area (TPSA) is 48.0 Å². The van der Waals surface area contributed by atoms with E-state index in [4.69, 9.17) is 14.2 Å². The third-order valence-corrected chi connectivity index (χ3v) is 5.04. The summed E-state index contributed by atoms with van der Waals surface area (Å²) in [5.41, 5.74) is 2.47. The molecule has 31 heavy (non-hydrogen) atoms. The van der Waals surface area contributed by atoms with E-state index < -0.39 is 0 Å². The molecule has 0 aliphatic rings. The van der Waals surface area contributed by atoms with Crippen LogP contribution in [0, 0.1) is 0 Å². The lowest BCUT2D eigenvalue weighted by atomic mass is 10.1. The van der Waals surface area contributed by atoms with Crippen molar-refractivity contribution in [2.24, 2.45) is 0 Å². The molecular weight excluding hydrogens is 390 g/mol. The van der Waals surface area contributed by atoms with Gasteiger partial charge in [0.05, 0.1) is 19.6 Å². The van der Waals surface area contributed by atoms with Gasteiger partial charge in [-0.2, -0.15) is 0 Å². The first-order chi connectivity index (χ1) is 15.2. The van der Waals surface area contributed by atoms with Crippen molar-refractivity contribution in [2.45, 2.75) is 45.8 Å². The third kappa shape index (κ3) is 10.6. The van der Waals surface area contributed by atoms with E-state index in [9.17, 15) is 4.79 Å². The predicted molar refractivity (Wildman–Crippen MR) is 124 cm³/mol. The van der Waals surface area contributed by atoms with Gasteiger partial charge < -0.3 is 19.1 Å². The number of amides is 1. The quantitative estimate of drug-likeness (QED) is 0.292. The minimum absolute atomic E-state index is 0.113. The molecule has 5 nitrogen and oxygen atoms in total. The smallest absolute Gasteiger partial charge is 0.224 e. The number of hydrogen-bond donors (Lipinski definition) is 0. The molecule has 0 radical (unpaired) electrons. The second-order valence-corrected chi connectivity index (χ2v) is 7.34. The van der Waals surface area contributed by atoms with Crippen molar-refractivity contribution in [2.75, 3.05) is 39.5 Å². The summed E-state index contributed by atoms with van der Waals surface area (Å²) in [6.45, 7) is 7.45. The highest BCUT2D eigenvalue weighted by Gasteiger charge is 2.17. The first kappa shape index (κ1) is 25.1. The minimum atomic E-state index is -0.274. The van der Waals surface area contributed by atoms with Crippen LogP contribution < -0.4 is 0 Å². The summed E-state index contributed by atoms with van der Waals surface area (Å²) in [5.74, 6) is 0.113. The van der Waals surface area contributed by atoms with E-state index in [0.717, 1.165) is 12.8 Å². The summed E-state index contributed by atoms with van der Waals surface area (Å²) in [6, 6.07) is 20.5. The fraction of sp³-hybridized carbons (Fsp3) is 0.500. The van der Waals surface area contributed by atoms with Crippen LogP contribution in [0.1, 0.15) is 37.8 Å². The Bertz CT molecular complexity index is 702. The molecule has 0 bridgehead atoms. The van der Waals surface area contributed by atoms with Crippen LogP contribution in [0.2, 0.25) is 0 Å². The Kier molecular flexibility index (Phi) is 12.6. The molecule has 0 saturated heterocycles. The molecule has 2 rings (SSSR count). The molecule has 2 aromatic rings. The van der Waals surface area contributed by atoms with Crippen molar-refractivity contribution in [3.63, 3.8) is 0 Å². The summed E-state index contributed by atoms with van der Waals surface area (Å²) in [7, 11) is 0. The number of carbonyl (C=O) groups is 1. The standard InChI is InChI=1S/C26H37NO4/c1-3-30-26(31-4-2)16-20-27(19-15-23-11-7-5-8-12-23)25(28)18-22-29-21-17-24-13-9-6-10-14-24/h5-14,26H,3-4,15-22H2,1-2H3. The fourth-order valence-electron chi connectivity index (χ4n) is 3.37. The Morgan fingerprint density at radius 3 is 1.97 bits per heavy atom. The number of ether oxygens (including phenoxy) is 3. The predicted octanol–water partition coefficient (Wildman–Crippen LogP) is 4.50. The number of carbonyl (C=O) groups excluding carboxylic acids is 1. The monoisotopic (exact) mass is 427 g/mol. The largest absolute Gasteiger partial charge is 0.381 e. The lowest BCUT2D eigenvalue weighted by Crippen LogP contribution is -2.36. The SMILES string of the molecule is CCOC(CCN(CCc1ccccc1)C(=O)CCOCCc1ccccc1)OCC. The van der Waals surface area contributed by atoms with Crippen molar-refractivity contribution in [3.05, 3.63) is 71.8 Å². The highest BCUT2D eigenvalue weighted by molar-refractivity contribution is 5.76. The summed E-state index contributed by atoms with van der Waals surface area (Å²) in [6.07, 6.45) is 2.46. The van der Waals surface area contributed by atoms with Gasteiger partial charge in [-0.15, -0.1) is 0 Å². The normalized spacial score (nSPS) is 11.1. The Labute approximate surface area is 187 Å². The van der Waals surface area contributed by atoms with E-state index in [1.165, 1.54) is 11.1 Å². The molecule has 1 amide bonds. The van der Waals surface area contributed by atoms with Crippen LogP contribution in [-0.4, -0.2) is 56.6 Å². The molecule has 0 unspecified atom stereocenters. The molecule has 0 saturated carbocycles. The van der Waals surface area contributed by atoms with E-state index in [1.807, 2.05) is 55.1 Å². The van der Waals surface area contributed by atoms with Gasteiger partial charge in [0.15, 0.2) is 6.29 Å². The summed E-state index contributed by atoms with van der Waals surface area (Å²) < 4.78 is 17.0. The molecule has 0 atom stereocenters. The summed E-state index contributed by atoms with van der Waals surface area (Å²) in [4.78, 5) is 14.8. The number of rotatable bonds is 16. The molecule has 0 aliphatic carbocycles. The van der Waals surface area contributed by atoms with Crippen molar-refractivity contribution in [1.29, 1.82) is 0 Å². The van der Waals surface area contributed by atoms with Crippen molar-refractivity contribution in [3.8, 4) is 0 Å². The molecule has 0 N–H and O–H groups in total. The highest BCUT2D eigenvalue weighted by atomic mass is 16.7. The second kappa shape index (κ2) is 15.6. The average molecular weight is 428 g/mol. The molecule has 0 fully saturated rings. The summed E-state index contributed by atoms with van der Waals surface area (Å²) >= 11 is 0. The van der Waals surface area contributed by atoms with E-state index >= 15 is 0 Å². The zero-order chi connectivity index (χ0) is 22.2. The molecule has 0 aliphatic heterocycles. The van der Waals surface area contributed by atoms with Crippen LogP contribution in [0.3, 0.4) is 0 Å². The lowest BCUT2D eigenvalue weighted by Gasteiger charge is -2.25. The van der Waals surface area contributed by atoms with Crippen molar-refractivity contribution >= 4 is 5.91 Å². The van der Waals surface area contributed by atoms with Crippen LogP contribution in [-0.2, 0) is 31.8 Å². The minimum Gasteiger partial charge on any atom is -0.381 e. The van der Waals surface area contributed by atoms with Gasteiger partial charge in [-0.3, -0.25) is 4.79 Å². The van der Waals surface area contributed by atoms with Gasteiger partial charge in [-0.25, -0.2) is 0 Å². The Morgan fingerprint density at radius 2 is 1.39 bits per heavy atom. The number of hydrogen-bond acceptors (Lipinski definition) is 4. The molecular formula is C26H37NO4. The molecule has 0 aromatic heterocycles. The summed E-state index contributed by atoms with van der Waals surface area (Å²) in [5, 5.41) is 0. The van der Waals surface area contributed by atoms with Crippen LogP contribution in [0.25, 0.3) is 0 Å². The van der Waals surface area contributed by atoms with E-state index in [0.29, 0.717) is 52.4 Å². The molecule has 2 aromatic carbocycles. The average Bonchev–Trinajstić information content (AvgIpc) is 2.80. The van der Waals surface area contributed by atoms with Crippen molar-refractivity contribution in [1.82, 2.24) is 4.90 Å². The van der Waals surface area contributed by atoms with Crippen LogP contribution in [0.5, 0.6) is 0 Å². The van der Waals surface area contributed by atoms with Gasteiger partial charge in [0.1, 0.15) is 0 Å². The Morgan fingerprint density at radius 1 is 0.806 bits per heavy atom. The Balaban J connectivity index is 1.80. The van der Waals surface area contributed by atoms with Gasteiger partial charge >= 0.3 is 0 Å². The number of nitrogens with zero attached hydrogens (tertiary/aromatic N) is 1. The first-order valence-corrected chi connectivity index (χ1v) is 11.4. The maximum absolute atomic E-state index is 12.9. The van der Waals surface area contributed by atoms with Gasteiger partial charge in [-0.05, 0) is 37.8 Å². The number of benzene rings is 2. The van der Waals surface area contributed by atoms with Gasteiger partial charge in [0, 0.05) is 32.7 Å². The second-order valence-electron chi connectivity index (χ2n) is 7.34. The molecule has 0 heterocycles. The van der Waals surface area contributed by atoms with Gasteiger partial charge in [-0.1, -0.05) is 60.7 Å². The molecule has 170 valence electrons. The zero-order valence-corrected chi connectivity index (χ0v) is 19.0. The van der Waals surface area contributed by atoms with Crippen LogP contribution >= 0.6 is 0 Å². The van der Waals surface area contributed by atoms with Crippen molar-refractivity contribution < 1.29 is 19.0 Å². The van der Waals surface area contributed by atoms with Crippen LogP contribution in [0.4, 0.5) is 0 Å². The molecule has 0 spiro atoms. The van der Waals surface area contributed by atoms with E-state index in [1.54, 1.807) is 0 Å². The van der Waals surface area contributed by atoms with Gasteiger partial charge in [0.25, 0.3) is 0 Å². The van der Waals surface area contributed by atoms with E-state index in [-0.39, 0.29) is 12.2 Å². The zero-order valence-electron chi connectivity index (χ0n) is 19.0. The maximum atomic E-state index is 12.9. The maximum Gasteiger partial charge on any atom is 0.224 e. The Hall–Kier alpha value is -2.21. The third-order valence-electron chi connectivity index (χ3n) is 5.04. The highest BCUT2D eigenvalue weighted by Crippen LogP contribution is 2.08. The van der Waals surface area contributed by atoms with Crippen LogP contribution in [0.15, 0.2) is 60.7 Å². The molecule has 5 heteroatoms. The van der Waals surface area contributed by atoms with Gasteiger partial charge in [0.2, 0.25) is 5.91 Å². The fourth-order valence-corrected chi connectivity index (χ4v) is 3.37. The first-order valence-electron chi connectivity index (χ1n) is 11.4. The van der Waals surface area contributed by atoms with E-state index in [2.05, 4.69) is 24.3 Å².